The molecule has 0 saturated carbocycles. The van der Waals surface area contributed by atoms with Crippen LogP contribution in [0.25, 0.3) is 0 Å². The highest BCUT2D eigenvalue weighted by Crippen LogP contribution is 2.20. The van der Waals surface area contributed by atoms with E-state index in [-0.39, 0.29) is 0 Å². The summed E-state index contributed by atoms with van der Waals surface area (Å²) in [5.41, 5.74) is 2.81. The van der Waals surface area contributed by atoms with Crippen LogP contribution in [0.3, 0.4) is 0 Å². The third-order valence-corrected chi connectivity index (χ3v) is 3.80. The van der Waals surface area contributed by atoms with Crippen LogP contribution in [-0.4, -0.2) is 19.3 Å². The second kappa shape index (κ2) is 6.91. The van der Waals surface area contributed by atoms with Crippen LogP contribution in [0.2, 0.25) is 0 Å². The number of hydrogen-bond acceptors (Lipinski definition) is 2. The lowest BCUT2D eigenvalue weighted by molar-refractivity contribution is 0.0661. The van der Waals surface area contributed by atoms with Crippen LogP contribution in [0, 0.1) is 0 Å². The van der Waals surface area contributed by atoms with Gasteiger partial charge in [0.15, 0.2) is 0 Å². The zero-order valence-corrected chi connectivity index (χ0v) is 11.6. The van der Waals surface area contributed by atoms with Crippen molar-refractivity contribution in [2.24, 2.45) is 0 Å². The van der Waals surface area contributed by atoms with Gasteiger partial charge in [0, 0.05) is 18.7 Å². The molecule has 1 aromatic rings. The molecule has 2 atom stereocenters. The quantitative estimate of drug-likeness (QED) is 0.860. The molecular weight excluding hydrogens is 222 g/mol. The van der Waals surface area contributed by atoms with Gasteiger partial charge in [-0.2, -0.15) is 0 Å². The molecular formula is C16H25NO. The molecule has 2 heteroatoms. The second-order valence-electron chi connectivity index (χ2n) is 5.14. The highest BCUT2D eigenvalue weighted by molar-refractivity contribution is 5.25. The Morgan fingerprint density at radius 3 is 2.61 bits per heavy atom. The highest BCUT2D eigenvalue weighted by atomic mass is 16.5. The number of ether oxygens (including phenoxy) is 1. The van der Waals surface area contributed by atoms with E-state index >= 15 is 0 Å². The lowest BCUT2D eigenvalue weighted by atomic mass is 10.00. The van der Waals surface area contributed by atoms with Crippen molar-refractivity contribution in [1.29, 1.82) is 0 Å². The summed E-state index contributed by atoms with van der Waals surface area (Å²) in [5.74, 6) is 0. The van der Waals surface area contributed by atoms with Crippen molar-refractivity contribution in [2.45, 2.75) is 51.6 Å². The smallest absolute Gasteiger partial charge is 0.0619 e. The van der Waals surface area contributed by atoms with Gasteiger partial charge in [-0.3, -0.25) is 0 Å². The minimum absolute atomic E-state index is 0.461. The summed E-state index contributed by atoms with van der Waals surface area (Å²) < 4.78 is 5.54. The van der Waals surface area contributed by atoms with Crippen molar-refractivity contribution in [3.63, 3.8) is 0 Å². The van der Waals surface area contributed by atoms with Crippen LogP contribution < -0.4 is 5.32 Å². The minimum atomic E-state index is 0.461. The molecule has 0 spiro atoms. The molecule has 2 rings (SSSR count). The largest absolute Gasteiger partial charge is 0.380 e. The van der Waals surface area contributed by atoms with Crippen LogP contribution in [0.5, 0.6) is 0 Å². The fraction of sp³-hybridized carbons (Fsp3) is 0.625. The van der Waals surface area contributed by atoms with E-state index in [1.54, 1.807) is 0 Å². The van der Waals surface area contributed by atoms with Gasteiger partial charge in [-0.1, -0.05) is 38.1 Å². The van der Waals surface area contributed by atoms with E-state index in [0.29, 0.717) is 12.1 Å². The summed E-state index contributed by atoms with van der Waals surface area (Å²) in [4.78, 5) is 0. The standard InChI is InChI=1S/C16H25NO/c1-3-13-7-9-14(10-8-13)16(4-2)17-15-6-5-11-18-12-15/h7-10,15-17H,3-6,11-12H2,1-2H3. The second-order valence-corrected chi connectivity index (χ2v) is 5.14. The Bertz CT molecular complexity index is 341. The molecule has 2 nitrogen and oxygen atoms in total. The number of hydrogen-bond donors (Lipinski definition) is 1. The molecule has 1 N–H and O–H groups in total. The first-order valence-corrected chi connectivity index (χ1v) is 7.26. The summed E-state index contributed by atoms with van der Waals surface area (Å²) in [6.07, 6.45) is 4.66. The van der Waals surface area contributed by atoms with E-state index in [9.17, 15) is 0 Å². The number of aryl methyl sites for hydroxylation is 1. The topological polar surface area (TPSA) is 21.3 Å². The Hall–Kier alpha value is -0.860. The van der Waals surface area contributed by atoms with Gasteiger partial charge in [0.25, 0.3) is 0 Å². The zero-order valence-electron chi connectivity index (χ0n) is 11.6. The molecule has 0 aliphatic carbocycles. The third-order valence-electron chi connectivity index (χ3n) is 3.80. The first kappa shape index (κ1) is 13.6. The van der Waals surface area contributed by atoms with Gasteiger partial charge in [-0.05, 0) is 36.8 Å². The number of nitrogens with one attached hydrogen (secondary N) is 1. The van der Waals surface area contributed by atoms with Gasteiger partial charge < -0.3 is 10.1 Å². The van der Waals surface area contributed by atoms with E-state index in [2.05, 4.69) is 43.4 Å². The Labute approximate surface area is 111 Å². The van der Waals surface area contributed by atoms with Gasteiger partial charge in [-0.15, -0.1) is 0 Å². The Balaban J connectivity index is 1.97. The molecule has 0 bridgehead atoms. The Morgan fingerprint density at radius 2 is 2.06 bits per heavy atom. The first-order valence-electron chi connectivity index (χ1n) is 7.26. The van der Waals surface area contributed by atoms with Gasteiger partial charge in [0.05, 0.1) is 6.61 Å². The molecule has 1 aliphatic heterocycles. The van der Waals surface area contributed by atoms with E-state index in [4.69, 9.17) is 4.74 Å². The van der Waals surface area contributed by atoms with Crippen LogP contribution in [0.15, 0.2) is 24.3 Å². The molecule has 1 fully saturated rings. The Morgan fingerprint density at radius 1 is 1.28 bits per heavy atom. The summed E-state index contributed by atoms with van der Waals surface area (Å²) in [7, 11) is 0. The SMILES string of the molecule is CCc1ccc(C(CC)NC2CCCOC2)cc1. The molecule has 1 aromatic carbocycles. The van der Waals surface area contributed by atoms with E-state index in [0.717, 1.165) is 26.1 Å². The lowest BCUT2D eigenvalue weighted by Crippen LogP contribution is -2.39. The maximum absolute atomic E-state index is 5.54. The number of rotatable bonds is 5. The van der Waals surface area contributed by atoms with Crippen molar-refractivity contribution < 1.29 is 4.74 Å². The summed E-state index contributed by atoms with van der Waals surface area (Å²) >= 11 is 0. The molecule has 1 heterocycles. The van der Waals surface area contributed by atoms with Gasteiger partial charge in [-0.25, -0.2) is 0 Å². The van der Waals surface area contributed by atoms with Crippen molar-refractivity contribution in [3.05, 3.63) is 35.4 Å². The zero-order chi connectivity index (χ0) is 12.8. The molecule has 0 aromatic heterocycles. The third kappa shape index (κ3) is 3.56. The predicted molar refractivity (Wildman–Crippen MR) is 75.8 cm³/mol. The molecule has 18 heavy (non-hydrogen) atoms. The van der Waals surface area contributed by atoms with Crippen LogP contribution >= 0.6 is 0 Å². The summed E-state index contributed by atoms with van der Waals surface area (Å²) in [6, 6.07) is 10.0. The lowest BCUT2D eigenvalue weighted by Gasteiger charge is -2.28. The van der Waals surface area contributed by atoms with Gasteiger partial charge in [0.1, 0.15) is 0 Å². The maximum atomic E-state index is 5.54. The average molecular weight is 247 g/mol. The van der Waals surface area contributed by atoms with E-state index < -0.39 is 0 Å². The van der Waals surface area contributed by atoms with Crippen LogP contribution in [0.1, 0.15) is 50.3 Å². The van der Waals surface area contributed by atoms with Gasteiger partial charge >= 0.3 is 0 Å². The fourth-order valence-corrected chi connectivity index (χ4v) is 2.59. The first-order chi connectivity index (χ1) is 8.83. The average Bonchev–Trinajstić information content (AvgIpc) is 2.46. The van der Waals surface area contributed by atoms with Crippen molar-refractivity contribution in [1.82, 2.24) is 5.32 Å². The highest BCUT2D eigenvalue weighted by Gasteiger charge is 2.18. The maximum Gasteiger partial charge on any atom is 0.0619 e. The van der Waals surface area contributed by atoms with Crippen LogP contribution in [-0.2, 0) is 11.2 Å². The summed E-state index contributed by atoms with van der Waals surface area (Å²) in [5, 5.41) is 3.73. The summed E-state index contributed by atoms with van der Waals surface area (Å²) in [6.45, 7) is 6.24. The van der Waals surface area contributed by atoms with Gasteiger partial charge in [0.2, 0.25) is 0 Å². The monoisotopic (exact) mass is 247 g/mol. The predicted octanol–water partition coefficient (Wildman–Crippen LogP) is 3.47. The molecule has 2 unspecified atom stereocenters. The molecule has 1 aliphatic rings. The normalized spacial score (nSPS) is 21.8. The molecule has 100 valence electrons. The van der Waals surface area contributed by atoms with Crippen LogP contribution in [0.4, 0.5) is 0 Å². The molecule has 0 radical (unpaired) electrons. The van der Waals surface area contributed by atoms with E-state index in [1.165, 1.54) is 24.0 Å². The molecule has 1 saturated heterocycles. The minimum Gasteiger partial charge on any atom is -0.380 e. The van der Waals surface area contributed by atoms with Crippen molar-refractivity contribution in [2.75, 3.05) is 13.2 Å². The Kier molecular flexibility index (Phi) is 5.21. The fourth-order valence-electron chi connectivity index (χ4n) is 2.59. The molecule has 0 amide bonds. The van der Waals surface area contributed by atoms with E-state index in [1.807, 2.05) is 0 Å². The van der Waals surface area contributed by atoms with Crippen molar-refractivity contribution in [3.8, 4) is 0 Å². The number of benzene rings is 1. The van der Waals surface area contributed by atoms with Crippen molar-refractivity contribution >= 4 is 0 Å².